The van der Waals surface area contributed by atoms with Crippen molar-refractivity contribution in [3.63, 3.8) is 0 Å². The SMILES string of the molecule is CON=C1C[C@@H](C)O[C@@H](O[C@@H]2[C@@H](C)[C@H](O[C@H]3CC(C)NC[C@H](C)O3)[C@@H](C)C(=O)O[C@H]([C@@H](C)CO[C@@H]3O[C@H](C)[C@@H](O)[C@@H](OC)[C@H]3OC)[C@H](C)[C@@H](OC(=O)CC(C)C)[C@@H](C)C(=O)[C@@](C)(OC(C)=O)C[C@@H]2C)[C@@H]1O. The van der Waals surface area contributed by atoms with Crippen molar-refractivity contribution in [1.29, 1.82) is 0 Å². The van der Waals surface area contributed by atoms with Crippen LogP contribution in [0.1, 0.15) is 123 Å². The van der Waals surface area contributed by atoms with Gasteiger partial charge in [0.1, 0.15) is 43.7 Å². The van der Waals surface area contributed by atoms with Crippen molar-refractivity contribution in [2.24, 2.45) is 46.6 Å². The Bertz CT molecular complexity index is 1740. The topological polar surface area (TPSA) is 244 Å². The molecule has 4 aliphatic heterocycles. The molecule has 0 bridgehead atoms. The molecule has 0 aromatic rings. The summed E-state index contributed by atoms with van der Waals surface area (Å²) in [5.74, 6) is -7.76. The molecule has 0 aromatic carbocycles. The Morgan fingerprint density at radius 2 is 1.48 bits per heavy atom. The molecule has 4 heterocycles. The molecule has 0 spiro atoms. The summed E-state index contributed by atoms with van der Waals surface area (Å²) in [7, 11) is 4.29. The van der Waals surface area contributed by atoms with Gasteiger partial charge in [-0.25, -0.2) is 0 Å². The molecule has 22 atom stereocenters. The lowest BCUT2D eigenvalue weighted by molar-refractivity contribution is -0.305. The van der Waals surface area contributed by atoms with E-state index < -0.39 is 145 Å². The zero-order chi connectivity index (χ0) is 53.2. The van der Waals surface area contributed by atoms with Crippen LogP contribution in [0.25, 0.3) is 0 Å². The highest BCUT2D eigenvalue weighted by Gasteiger charge is 2.52. The number of rotatable bonds is 15. The number of ether oxygens (including phenoxy) is 11. The summed E-state index contributed by atoms with van der Waals surface area (Å²) in [5, 5.41) is 30.0. The largest absolute Gasteiger partial charge is 0.461 e. The number of nitrogens with zero attached hydrogens (tertiary/aromatic N) is 1. The van der Waals surface area contributed by atoms with Crippen molar-refractivity contribution in [1.82, 2.24) is 5.32 Å². The van der Waals surface area contributed by atoms with Gasteiger partial charge in [0.05, 0.1) is 54.7 Å². The van der Waals surface area contributed by atoms with Crippen LogP contribution in [0, 0.1) is 41.4 Å². The van der Waals surface area contributed by atoms with Crippen LogP contribution in [0.2, 0.25) is 0 Å². The van der Waals surface area contributed by atoms with Crippen molar-refractivity contribution in [2.75, 3.05) is 34.5 Å². The van der Waals surface area contributed by atoms with Crippen LogP contribution in [0.15, 0.2) is 5.16 Å². The van der Waals surface area contributed by atoms with Crippen LogP contribution in [0.3, 0.4) is 0 Å². The lowest BCUT2D eigenvalue weighted by Gasteiger charge is -2.45. The molecule has 20 nitrogen and oxygen atoms in total. The number of hydrogen-bond donors (Lipinski definition) is 3. The monoisotopic (exact) mass is 1020 g/mol. The van der Waals surface area contributed by atoms with Crippen molar-refractivity contribution < 1.29 is 86.3 Å². The van der Waals surface area contributed by atoms with E-state index in [0.29, 0.717) is 18.7 Å². The van der Waals surface area contributed by atoms with Crippen molar-refractivity contribution in [2.45, 2.75) is 220 Å². The summed E-state index contributed by atoms with van der Waals surface area (Å²) < 4.78 is 69.2. The Kier molecular flexibility index (Phi) is 23.1. The molecule has 0 amide bonds. The number of nitrogens with one attached hydrogen (secondary N) is 1. The highest BCUT2D eigenvalue weighted by Crippen LogP contribution is 2.40. The van der Waals surface area contributed by atoms with Crippen LogP contribution < -0.4 is 5.32 Å². The molecule has 4 fully saturated rings. The standard InChI is InChI=1S/C51H88N2O18/c1-24(2)18-37(55)67-43-31(9)42(26(4)23-63-50-46(61-16)45(60-15)39(56)34(12)66-50)69-48(59)33(11)44(68-38-19-27(5)52-22-29(7)64-38)30(8)41(70-49-40(57)36(53-62-17)20-28(6)65-49)25(3)21-51(14,71-35(13)54)47(58)32(43)10/h24-34,38-46,49-50,52,56-57H,18-23H2,1-17H3/t25-,26-,27?,28+,29-,30+,31-,32+,33+,34+,38-,39+,40+,41-,42+,43+,44-,45+,46+,49-,50+,51-/m0/s1. The van der Waals surface area contributed by atoms with E-state index in [4.69, 9.17) is 56.9 Å². The predicted molar refractivity (Wildman–Crippen MR) is 257 cm³/mol. The summed E-state index contributed by atoms with van der Waals surface area (Å²) in [6.07, 6.45) is -12.2. The molecule has 4 rings (SSSR count). The maximum Gasteiger partial charge on any atom is 0.311 e. The first kappa shape index (κ1) is 60.7. The first-order valence-electron chi connectivity index (χ1n) is 25.5. The Labute approximate surface area is 421 Å². The van der Waals surface area contributed by atoms with E-state index in [2.05, 4.69) is 10.5 Å². The Hall–Kier alpha value is -2.89. The van der Waals surface area contributed by atoms with Gasteiger partial charge in [-0.05, 0) is 59.8 Å². The predicted octanol–water partition coefficient (Wildman–Crippen LogP) is 4.50. The van der Waals surface area contributed by atoms with Gasteiger partial charge >= 0.3 is 17.9 Å². The van der Waals surface area contributed by atoms with Crippen molar-refractivity contribution >= 4 is 29.4 Å². The number of oxime groups is 1. The molecule has 0 aliphatic carbocycles. The van der Waals surface area contributed by atoms with E-state index >= 15 is 9.59 Å². The van der Waals surface area contributed by atoms with Crippen LogP contribution >= 0.6 is 0 Å². The fourth-order valence-electron chi connectivity index (χ4n) is 10.8. The highest BCUT2D eigenvalue weighted by atomic mass is 16.7. The van der Waals surface area contributed by atoms with Crippen LogP contribution in [0.5, 0.6) is 0 Å². The van der Waals surface area contributed by atoms with E-state index in [-0.39, 0.29) is 43.9 Å². The molecule has 4 aliphatic rings. The first-order chi connectivity index (χ1) is 33.3. The zero-order valence-corrected chi connectivity index (χ0v) is 45.3. The molecule has 0 aromatic heterocycles. The quantitative estimate of drug-likeness (QED) is 0.116. The molecule has 3 N–H and O–H groups in total. The van der Waals surface area contributed by atoms with Gasteiger partial charge in [0.25, 0.3) is 0 Å². The molecule has 4 saturated heterocycles. The smallest absolute Gasteiger partial charge is 0.311 e. The number of cyclic esters (lactones) is 1. The molecule has 20 heteroatoms. The minimum absolute atomic E-state index is 0.0205. The van der Waals surface area contributed by atoms with E-state index in [1.165, 1.54) is 35.2 Å². The maximum atomic E-state index is 15.4. The Morgan fingerprint density at radius 1 is 0.817 bits per heavy atom. The van der Waals surface area contributed by atoms with Gasteiger partial charge in [-0.1, -0.05) is 53.6 Å². The highest BCUT2D eigenvalue weighted by molar-refractivity contribution is 5.91. The molecule has 1 unspecified atom stereocenters. The molecule has 0 radical (unpaired) electrons. The number of aliphatic hydroxyl groups is 2. The van der Waals surface area contributed by atoms with Gasteiger partial charge < -0.3 is 72.5 Å². The Morgan fingerprint density at radius 3 is 2.08 bits per heavy atom. The summed E-state index contributed by atoms with van der Waals surface area (Å²) >= 11 is 0. The molecular weight excluding hydrogens is 929 g/mol. The first-order valence-corrected chi connectivity index (χ1v) is 25.5. The van der Waals surface area contributed by atoms with Crippen LogP contribution in [-0.2, 0) is 76.1 Å². The number of methoxy groups -OCH3 is 2. The zero-order valence-electron chi connectivity index (χ0n) is 45.3. The van der Waals surface area contributed by atoms with Gasteiger partial charge in [0.2, 0.25) is 0 Å². The second-order valence-corrected chi connectivity index (χ2v) is 21.4. The Balaban J connectivity index is 1.93. The van der Waals surface area contributed by atoms with Crippen molar-refractivity contribution in [3.8, 4) is 0 Å². The average molecular weight is 1020 g/mol. The second-order valence-electron chi connectivity index (χ2n) is 21.4. The van der Waals surface area contributed by atoms with E-state index in [0.717, 1.165) is 0 Å². The summed E-state index contributed by atoms with van der Waals surface area (Å²) in [5.41, 5.74) is -1.54. The number of Topliss-reactive ketones (excluding diaryl/α,β-unsaturated/α-hetero) is 1. The van der Waals surface area contributed by atoms with Crippen LogP contribution in [0.4, 0.5) is 0 Å². The van der Waals surface area contributed by atoms with Crippen LogP contribution in [-0.4, -0.2) is 172 Å². The van der Waals surface area contributed by atoms with Gasteiger partial charge in [0, 0.05) is 70.7 Å². The van der Waals surface area contributed by atoms with Gasteiger partial charge in [-0.2, -0.15) is 0 Å². The molecule has 0 saturated carbocycles. The fourth-order valence-corrected chi connectivity index (χ4v) is 10.8. The minimum atomic E-state index is -1.84. The average Bonchev–Trinajstić information content (AvgIpc) is 3.45. The van der Waals surface area contributed by atoms with E-state index in [1.807, 2.05) is 48.5 Å². The van der Waals surface area contributed by atoms with Gasteiger partial charge in [0.15, 0.2) is 30.3 Å². The summed E-state index contributed by atoms with van der Waals surface area (Å²) in [6, 6.07) is -0.0205. The lowest BCUT2D eigenvalue weighted by Crippen LogP contribution is -2.59. The number of esters is 3. The van der Waals surface area contributed by atoms with Gasteiger partial charge in [-0.15, -0.1) is 0 Å². The number of carbonyl (C=O) groups is 4. The number of hydrogen-bond acceptors (Lipinski definition) is 20. The van der Waals surface area contributed by atoms with Crippen molar-refractivity contribution in [3.05, 3.63) is 0 Å². The summed E-state index contributed by atoms with van der Waals surface area (Å²) in [6.45, 7) is 24.9. The number of carbonyl (C=O) groups excluding carboxylic acids is 4. The van der Waals surface area contributed by atoms with Gasteiger partial charge in [-0.3, -0.25) is 19.2 Å². The lowest BCUT2D eigenvalue weighted by atomic mass is 9.74. The molecule has 71 heavy (non-hydrogen) atoms. The molecular formula is C51H88N2O18. The maximum absolute atomic E-state index is 15.4. The fraction of sp³-hybridized carbons (Fsp3) is 0.902. The van der Waals surface area contributed by atoms with E-state index in [9.17, 15) is 19.8 Å². The van der Waals surface area contributed by atoms with E-state index in [1.54, 1.807) is 34.6 Å². The minimum Gasteiger partial charge on any atom is -0.461 e. The third-order valence-electron chi connectivity index (χ3n) is 14.4. The summed E-state index contributed by atoms with van der Waals surface area (Å²) in [4.78, 5) is 62.5. The third-order valence-corrected chi connectivity index (χ3v) is 14.4. The normalized spacial score (nSPS) is 42.4. The number of ketones is 1. The molecule has 410 valence electrons. The third kappa shape index (κ3) is 15.8. The number of aliphatic hydroxyl groups excluding tert-OH is 2. The second kappa shape index (κ2) is 27.1.